The van der Waals surface area contributed by atoms with Gasteiger partial charge in [0.2, 0.25) is 5.91 Å². The Morgan fingerprint density at radius 3 is 2.79 bits per heavy atom. The van der Waals surface area contributed by atoms with Crippen LogP contribution in [0.25, 0.3) is 6.08 Å². The molecule has 1 aliphatic heterocycles. The predicted octanol–water partition coefficient (Wildman–Crippen LogP) is 3.89. The molecule has 1 aliphatic rings. The molecule has 5 heteroatoms. The SMILES string of the molecule is CCCOc1ccc(/C=C/C(=O)NC2CCN(Cc3ccccc3)C2)cc1OC. The first-order chi connectivity index (χ1) is 14.2. The third-order valence-electron chi connectivity index (χ3n) is 4.94. The third kappa shape index (κ3) is 6.36. The van der Waals surface area contributed by atoms with Crippen LogP contribution in [-0.4, -0.2) is 43.7 Å². The van der Waals surface area contributed by atoms with Crippen LogP contribution in [0.5, 0.6) is 11.5 Å². The monoisotopic (exact) mass is 394 g/mol. The fraction of sp³-hybridized carbons (Fsp3) is 0.375. The van der Waals surface area contributed by atoms with E-state index >= 15 is 0 Å². The minimum absolute atomic E-state index is 0.0677. The average molecular weight is 395 g/mol. The molecule has 1 amide bonds. The molecule has 0 aliphatic carbocycles. The standard InChI is InChI=1S/C24H30N2O3/c1-3-15-29-22-11-9-19(16-23(22)28-2)10-12-24(27)25-21-13-14-26(18-21)17-20-7-5-4-6-8-20/h4-12,16,21H,3,13-15,17-18H2,1-2H3,(H,25,27)/b12-10+. The molecule has 0 bridgehead atoms. The van der Waals surface area contributed by atoms with Crippen LogP contribution < -0.4 is 14.8 Å². The van der Waals surface area contributed by atoms with E-state index in [-0.39, 0.29) is 11.9 Å². The maximum atomic E-state index is 12.3. The van der Waals surface area contributed by atoms with E-state index in [1.807, 2.05) is 24.3 Å². The summed E-state index contributed by atoms with van der Waals surface area (Å²) in [6, 6.07) is 16.3. The van der Waals surface area contributed by atoms with Crippen molar-refractivity contribution in [2.75, 3.05) is 26.8 Å². The number of likely N-dealkylation sites (tertiary alicyclic amines) is 1. The lowest BCUT2D eigenvalue weighted by Crippen LogP contribution is -2.35. The van der Waals surface area contributed by atoms with Crippen molar-refractivity contribution in [1.29, 1.82) is 0 Å². The summed E-state index contributed by atoms with van der Waals surface area (Å²) in [5.74, 6) is 1.33. The van der Waals surface area contributed by atoms with Gasteiger partial charge in [0.1, 0.15) is 0 Å². The first-order valence-electron chi connectivity index (χ1n) is 10.2. The van der Waals surface area contributed by atoms with Crippen LogP contribution in [0.2, 0.25) is 0 Å². The molecular formula is C24H30N2O3. The number of carbonyl (C=O) groups excluding carboxylic acids is 1. The number of nitrogens with one attached hydrogen (secondary N) is 1. The van der Waals surface area contributed by atoms with Crippen LogP contribution in [0.1, 0.15) is 30.9 Å². The zero-order valence-corrected chi connectivity index (χ0v) is 17.3. The van der Waals surface area contributed by atoms with Crippen LogP contribution >= 0.6 is 0 Å². The second-order valence-electron chi connectivity index (χ2n) is 7.31. The summed E-state index contributed by atoms with van der Waals surface area (Å²) in [6.07, 6.45) is 5.30. The Bertz CT molecular complexity index is 820. The molecule has 1 atom stereocenters. The number of ether oxygens (including phenoxy) is 2. The summed E-state index contributed by atoms with van der Waals surface area (Å²) in [5, 5.41) is 3.11. The van der Waals surface area contributed by atoms with E-state index < -0.39 is 0 Å². The van der Waals surface area contributed by atoms with Gasteiger partial charge in [0.05, 0.1) is 13.7 Å². The van der Waals surface area contributed by atoms with Crippen molar-refractivity contribution in [3.8, 4) is 11.5 Å². The molecule has 5 nitrogen and oxygen atoms in total. The summed E-state index contributed by atoms with van der Waals surface area (Å²) >= 11 is 0. The zero-order valence-electron chi connectivity index (χ0n) is 17.3. The highest BCUT2D eigenvalue weighted by molar-refractivity contribution is 5.92. The second-order valence-corrected chi connectivity index (χ2v) is 7.31. The number of benzene rings is 2. The molecule has 2 aromatic rings. The lowest BCUT2D eigenvalue weighted by atomic mass is 10.2. The molecule has 1 saturated heterocycles. The van der Waals surface area contributed by atoms with Gasteiger partial charge in [-0.05, 0) is 42.2 Å². The molecule has 0 saturated carbocycles. The molecule has 3 rings (SSSR count). The summed E-state index contributed by atoms with van der Waals surface area (Å²) in [6.45, 7) is 5.52. The number of carbonyl (C=O) groups is 1. The summed E-state index contributed by atoms with van der Waals surface area (Å²) < 4.78 is 11.1. The van der Waals surface area contributed by atoms with E-state index in [0.717, 1.165) is 43.8 Å². The van der Waals surface area contributed by atoms with Crippen molar-refractivity contribution in [2.24, 2.45) is 0 Å². The average Bonchev–Trinajstić information content (AvgIpc) is 3.18. The van der Waals surface area contributed by atoms with Crippen LogP contribution in [0.15, 0.2) is 54.6 Å². The molecule has 1 heterocycles. The largest absolute Gasteiger partial charge is 0.493 e. The minimum atomic E-state index is -0.0677. The van der Waals surface area contributed by atoms with Crippen molar-refractivity contribution in [2.45, 2.75) is 32.4 Å². The topological polar surface area (TPSA) is 50.8 Å². The highest BCUT2D eigenvalue weighted by Gasteiger charge is 2.23. The van der Waals surface area contributed by atoms with Crippen molar-refractivity contribution in [3.63, 3.8) is 0 Å². The van der Waals surface area contributed by atoms with E-state index in [2.05, 4.69) is 41.4 Å². The van der Waals surface area contributed by atoms with E-state index in [1.165, 1.54) is 5.56 Å². The molecule has 154 valence electrons. The highest BCUT2D eigenvalue weighted by Crippen LogP contribution is 2.28. The Morgan fingerprint density at radius 1 is 1.21 bits per heavy atom. The van der Waals surface area contributed by atoms with Gasteiger partial charge in [0, 0.05) is 31.8 Å². The van der Waals surface area contributed by atoms with Gasteiger partial charge in [-0.3, -0.25) is 9.69 Å². The normalized spacial score (nSPS) is 16.8. The quantitative estimate of drug-likeness (QED) is 0.656. The lowest BCUT2D eigenvalue weighted by molar-refractivity contribution is -0.117. The molecular weight excluding hydrogens is 364 g/mol. The Hall–Kier alpha value is -2.79. The maximum Gasteiger partial charge on any atom is 0.244 e. The van der Waals surface area contributed by atoms with Crippen molar-refractivity contribution in [3.05, 3.63) is 65.7 Å². The van der Waals surface area contributed by atoms with Crippen LogP contribution in [-0.2, 0) is 11.3 Å². The zero-order chi connectivity index (χ0) is 20.5. The van der Waals surface area contributed by atoms with Gasteiger partial charge < -0.3 is 14.8 Å². The fourth-order valence-corrected chi connectivity index (χ4v) is 3.48. The first-order valence-corrected chi connectivity index (χ1v) is 10.2. The summed E-state index contributed by atoms with van der Waals surface area (Å²) in [7, 11) is 1.62. The van der Waals surface area contributed by atoms with Crippen molar-refractivity contribution in [1.82, 2.24) is 10.2 Å². The second kappa shape index (κ2) is 10.7. The van der Waals surface area contributed by atoms with Gasteiger partial charge in [0.15, 0.2) is 11.5 Å². The molecule has 2 aromatic carbocycles. The maximum absolute atomic E-state index is 12.3. The summed E-state index contributed by atoms with van der Waals surface area (Å²) in [5.41, 5.74) is 2.21. The summed E-state index contributed by atoms with van der Waals surface area (Å²) in [4.78, 5) is 14.7. The number of hydrogen-bond acceptors (Lipinski definition) is 4. The number of rotatable bonds is 9. The minimum Gasteiger partial charge on any atom is -0.493 e. The Kier molecular flexibility index (Phi) is 7.70. The molecule has 29 heavy (non-hydrogen) atoms. The van der Waals surface area contributed by atoms with E-state index in [9.17, 15) is 4.79 Å². The predicted molar refractivity (Wildman–Crippen MR) is 116 cm³/mol. The smallest absolute Gasteiger partial charge is 0.244 e. The van der Waals surface area contributed by atoms with Crippen molar-refractivity contribution >= 4 is 12.0 Å². The van der Waals surface area contributed by atoms with Crippen molar-refractivity contribution < 1.29 is 14.3 Å². The van der Waals surface area contributed by atoms with Crippen LogP contribution in [0.3, 0.4) is 0 Å². The molecule has 0 spiro atoms. The van der Waals surface area contributed by atoms with E-state index in [4.69, 9.17) is 9.47 Å². The van der Waals surface area contributed by atoms with Gasteiger partial charge in [-0.25, -0.2) is 0 Å². The lowest BCUT2D eigenvalue weighted by Gasteiger charge is -2.16. The Balaban J connectivity index is 1.49. The number of methoxy groups -OCH3 is 1. The first kappa shape index (κ1) is 20.9. The van der Waals surface area contributed by atoms with Gasteiger partial charge >= 0.3 is 0 Å². The van der Waals surface area contributed by atoms with E-state index in [0.29, 0.717) is 12.4 Å². The molecule has 1 N–H and O–H groups in total. The number of amides is 1. The van der Waals surface area contributed by atoms with Gasteiger partial charge in [0.25, 0.3) is 0 Å². The van der Waals surface area contributed by atoms with E-state index in [1.54, 1.807) is 19.3 Å². The third-order valence-corrected chi connectivity index (χ3v) is 4.94. The van der Waals surface area contributed by atoms with Gasteiger partial charge in [-0.15, -0.1) is 0 Å². The fourth-order valence-electron chi connectivity index (χ4n) is 3.48. The Morgan fingerprint density at radius 2 is 2.03 bits per heavy atom. The van der Waals surface area contributed by atoms with Gasteiger partial charge in [-0.1, -0.05) is 43.3 Å². The molecule has 0 aromatic heterocycles. The van der Waals surface area contributed by atoms with Gasteiger partial charge in [-0.2, -0.15) is 0 Å². The molecule has 1 unspecified atom stereocenters. The Labute approximate surface area is 173 Å². The van der Waals surface area contributed by atoms with Crippen LogP contribution in [0, 0.1) is 0 Å². The molecule has 0 radical (unpaired) electrons. The molecule has 1 fully saturated rings. The highest BCUT2D eigenvalue weighted by atomic mass is 16.5. The number of nitrogens with zero attached hydrogens (tertiary/aromatic N) is 1. The number of hydrogen-bond donors (Lipinski definition) is 1. The van der Waals surface area contributed by atoms with Crippen LogP contribution in [0.4, 0.5) is 0 Å².